The molecule has 9 heterocycles. The van der Waals surface area contributed by atoms with Gasteiger partial charge in [0.2, 0.25) is 17.1 Å². The number of rotatable bonds is 9. The number of aromatic nitrogens is 6. The van der Waals surface area contributed by atoms with E-state index in [9.17, 15) is 51.5 Å². The SMILES string of the molecule is CC(C)(C)OC(=O)n1ccc2nc(N)ccc21.CC(C)(C)OC(=O)n1ccc2nc(NC(=O)[C@H]3C[C@@H](F)CN3)ccc21.CC(C)(C)OC(=O)n1ccc2nc(NC(=O)[C@H]3C[C@@H](F)CN3C(=O)OCC3c4ccccc4-c4ccccc43)ccc21.O=C(Cl)[C@H]1C[C@@H](F)CN1C(=O)OCC1c2ccccc2-c2ccccc21. The lowest BCUT2D eigenvalue weighted by atomic mass is 9.98. The molecule has 3 fully saturated rings. The highest BCUT2D eigenvalue weighted by Crippen LogP contribution is 2.46. The van der Waals surface area contributed by atoms with Gasteiger partial charge in [0.25, 0.3) is 0 Å². The molecule has 29 heteroatoms. The van der Waals surface area contributed by atoms with Crippen molar-refractivity contribution < 1.29 is 75.2 Å². The first-order valence-electron chi connectivity index (χ1n) is 35.8. The molecule has 6 atom stereocenters. The fraction of sp³-hybridized carbons (Fsp3) is 0.346. The van der Waals surface area contributed by atoms with Crippen LogP contribution in [0.15, 0.2) is 170 Å². The van der Waals surface area contributed by atoms with Gasteiger partial charge in [0.1, 0.15) is 78.1 Å². The van der Waals surface area contributed by atoms with E-state index >= 15 is 0 Å². The van der Waals surface area contributed by atoms with Crippen LogP contribution >= 0.6 is 11.6 Å². The maximum Gasteiger partial charge on any atom is 0.419 e. The number of fused-ring (bicyclic) bond motifs is 9. The quantitative estimate of drug-likeness (QED) is 0.0771. The molecular weight excluding hydrogens is 1440 g/mol. The Hall–Kier alpha value is -11.7. The second-order valence-electron chi connectivity index (χ2n) is 30.0. The van der Waals surface area contributed by atoms with Crippen molar-refractivity contribution in [3.8, 4) is 22.3 Å². The van der Waals surface area contributed by atoms with Gasteiger partial charge in [-0.05, 0) is 173 Å². The van der Waals surface area contributed by atoms with Crippen LogP contribution in [0.5, 0.6) is 0 Å². The van der Waals surface area contributed by atoms with E-state index in [0.29, 0.717) is 44.7 Å². The molecule has 5 aliphatic rings. The first-order valence-corrected chi connectivity index (χ1v) is 36.2. The third-order valence-electron chi connectivity index (χ3n) is 18.5. The molecule has 0 bridgehead atoms. The number of benzene rings is 4. The zero-order valence-electron chi connectivity index (χ0n) is 61.9. The Kier molecular flexibility index (Phi) is 22.9. The first kappa shape index (κ1) is 77.9. The number of carbonyl (C=O) groups excluding carboxylic acids is 8. The van der Waals surface area contributed by atoms with Crippen molar-refractivity contribution >= 4 is 110 Å². The van der Waals surface area contributed by atoms with Gasteiger partial charge >= 0.3 is 30.5 Å². The predicted molar refractivity (Wildman–Crippen MR) is 408 cm³/mol. The van der Waals surface area contributed by atoms with Crippen molar-refractivity contribution in [2.24, 2.45) is 0 Å². The molecule has 110 heavy (non-hydrogen) atoms. The van der Waals surface area contributed by atoms with E-state index in [1.165, 1.54) is 13.7 Å². The van der Waals surface area contributed by atoms with Gasteiger partial charge in [0.05, 0.1) is 52.2 Å². The van der Waals surface area contributed by atoms with Crippen LogP contribution < -0.4 is 21.7 Å². The molecule has 2 aliphatic carbocycles. The van der Waals surface area contributed by atoms with Crippen molar-refractivity contribution in [1.29, 1.82) is 0 Å². The molecule has 5 N–H and O–H groups in total. The lowest BCUT2D eigenvalue weighted by Crippen LogP contribution is -2.43. The lowest BCUT2D eigenvalue weighted by Gasteiger charge is -2.24. The number of nitrogens with two attached hydrogens (primary N) is 1. The Morgan fingerprint density at radius 1 is 0.455 bits per heavy atom. The smallest absolute Gasteiger partial charge is 0.419 e. The van der Waals surface area contributed by atoms with Crippen LogP contribution in [0.4, 0.5) is 54.6 Å². The van der Waals surface area contributed by atoms with E-state index in [4.69, 9.17) is 41.0 Å². The van der Waals surface area contributed by atoms with Crippen LogP contribution in [0.25, 0.3) is 55.4 Å². The van der Waals surface area contributed by atoms with E-state index in [1.807, 2.05) is 118 Å². The predicted octanol–water partition coefficient (Wildman–Crippen LogP) is 15.1. The van der Waals surface area contributed by atoms with Crippen molar-refractivity contribution in [1.82, 2.24) is 43.8 Å². The summed E-state index contributed by atoms with van der Waals surface area (Å²) >= 11 is 5.49. The molecular formula is C81H84ClF3N12O13. The van der Waals surface area contributed by atoms with Crippen LogP contribution in [0.3, 0.4) is 0 Å². The Labute approximate surface area is 636 Å². The van der Waals surface area contributed by atoms with Crippen LogP contribution in [-0.4, -0.2) is 172 Å². The maximum absolute atomic E-state index is 14.5. The Morgan fingerprint density at radius 3 is 1.18 bits per heavy atom. The van der Waals surface area contributed by atoms with Gasteiger partial charge in [0.15, 0.2) is 0 Å². The number of nitrogens with zero attached hydrogens (tertiary/aromatic N) is 8. The average Bonchev–Trinajstić information content (AvgIpc) is 1.62. The number of halogens is 4. The summed E-state index contributed by atoms with van der Waals surface area (Å²) in [6.45, 7) is 16.2. The zero-order valence-corrected chi connectivity index (χ0v) is 62.7. The van der Waals surface area contributed by atoms with Crippen molar-refractivity contribution in [3.63, 3.8) is 0 Å². The van der Waals surface area contributed by atoms with Gasteiger partial charge in [-0.3, -0.25) is 37.9 Å². The molecule has 4 amide bonds. The summed E-state index contributed by atoms with van der Waals surface area (Å²) in [6.07, 6.45) is -1.85. The minimum atomic E-state index is -1.36. The molecule has 15 rings (SSSR count). The third kappa shape index (κ3) is 18.0. The van der Waals surface area contributed by atoms with Crippen LogP contribution in [-0.2, 0) is 38.1 Å². The summed E-state index contributed by atoms with van der Waals surface area (Å²) in [4.78, 5) is 114. The van der Waals surface area contributed by atoms with Gasteiger partial charge in [-0.15, -0.1) is 0 Å². The number of pyridine rings is 3. The highest BCUT2D eigenvalue weighted by Gasteiger charge is 2.43. The number of anilines is 3. The molecule has 0 unspecified atom stereocenters. The number of hydrogen-bond acceptors (Lipinski definition) is 18. The molecule has 0 radical (unpaired) electrons. The van der Waals surface area contributed by atoms with Crippen LogP contribution in [0.2, 0.25) is 0 Å². The number of nitrogen functional groups attached to an aromatic ring is 1. The molecule has 4 aromatic carbocycles. The van der Waals surface area contributed by atoms with Gasteiger partial charge in [-0.1, -0.05) is 97.1 Å². The van der Waals surface area contributed by atoms with Gasteiger partial charge in [-0.2, -0.15) is 0 Å². The summed E-state index contributed by atoms with van der Waals surface area (Å²) in [7, 11) is 0. The fourth-order valence-corrected chi connectivity index (χ4v) is 13.9. The maximum atomic E-state index is 14.5. The number of nitrogens with one attached hydrogen (secondary N) is 3. The lowest BCUT2D eigenvalue weighted by molar-refractivity contribution is -0.120. The number of amides is 4. The number of carbonyl (C=O) groups is 8. The Balaban J connectivity index is 0.000000144. The zero-order chi connectivity index (χ0) is 78.7. The summed E-state index contributed by atoms with van der Waals surface area (Å²) in [6, 6.07) is 44.3. The fourth-order valence-electron chi connectivity index (χ4n) is 13.7. The molecule has 25 nitrogen and oxygen atoms in total. The summed E-state index contributed by atoms with van der Waals surface area (Å²) in [5.41, 5.74) is 16.0. The van der Waals surface area contributed by atoms with E-state index in [1.54, 1.807) is 115 Å². The van der Waals surface area contributed by atoms with Gasteiger partial charge in [-0.25, -0.2) is 52.1 Å². The topological polar surface area (TPSA) is 305 Å². The second-order valence-corrected chi connectivity index (χ2v) is 30.4. The van der Waals surface area contributed by atoms with Crippen molar-refractivity contribution in [3.05, 3.63) is 193 Å². The molecule has 0 spiro atoms. The number of likely N-dealkylation sites (tertiary alicyclic amines) is 2. The molecule has 0 saturated carbocycles. The van der Waals surface area contributed by atoms with E-state index in [2.05, 4.69) is 30.9 Å². The first-order chi connectivity index (χ1) is 52.2. The summed E-state index contributed by atoms with van der Waals surface area (Å²) in [5.74, 6) is -0.130. The minimum Gasteiger partial charge on any atom is -0.448 e. The molecule has 6 aromatic heterocycles. The number of ether oxygens (including phenoxy) is 5. The second kappa shape index (κ2) is 32.3. The summed E-state index contributed by atoms with van der Waals surface area (Å²) in [5, 5.41) is 7.45. The monoisotopic (exact) mass is 1520 g/mol. The Morgan fingerprint density at radius 2 is 0.809 bits per heavy atom. The summed E-state index contributed by atoms with van der Waals surface area (Å²) < 4.78 is 72.7. The van der Waals surface area contributed by atoms with E-state index in [-0.39, 0.29) is 75.7 Å². The highest BCUT2D eigenvalue weighted by atomic mass is 35.5. The van der Waals surface area contributed by atoms with Crippen LogP contribution in [0, 0.1) is 0 Å². The number of alkyl halides is 3. The largest absolute Gasteiger partial charge is 0.448 e. The highest BCUT2D eigenvalue weighted by molar-refractivity contribution is 6.64. The van der Waals surface area contributed by atoms with Crippen molar-refractivity contribution in [2.45, 2.75) is 147 Å². The average molecular weight is 1530 g/mol. The third-order valence-corrected chi connectivity index (χ3v) is 18.8. The normalized spacial score (nSPS) is 18.4. The molecule has 574 valence electrons. The Bertz CT molecular complexity index is 5070. The minimum absolute atomic E-state index is 0.0709. The van der Waals surface area contributed by atoms with E-state index < -0.39 is 95.1 Å². The van der Waals surface area contributed by atoms with Crippen LogP contribution in [0.1, 0.15) is 116 Å². The standard InChI is InChI=1S/C32H31FN4O5.C20H17ClFNO3.C17H21FN4O3.C12H15N3O2/c1-32(2,3)42-31(40)36-15-14-25-26(36)12-13-28(34-25)35-29(38)27-16-19(33)17-37(27)30(39)41-18-24-22-10-6-4-8-20(22)21-9-5-7-11-23(21)24;21-19(24)18-9-12(22)10-23(18)20(25)26-11-17-15-7-3-1-5-13(15)14-6-2-4-8-16(14)17;1-17(2,3)25-16(24)22-7-6-11-13(22)4-5-14(20-11)21-15(23)12-8-10(18)9-19-12;1-12(2,3)17-11(16)15-7-6-8-9(15)4-5-10(13)14-8/h4-15,19,24,27H,16-18H2,1-3H3,(H,34,35,38);1-8,12,17-18H,9-11H2;4-7,10,12,19H,8-9H2,1-3H3,(H,20,21,23);4-7H,1-3H3,(H2,13,14)/t19-,27-;12-,18-;10-,12-;/m111./s1. The molecule has 10 aromatic rings. The van der Waals surface area contributed by atoms with E-state index in [0.717, 1.165) is 54.3 Å². The van der Waals surface area contributed by atoms with Gasteiger partial charge in [0, 0.05) is 56.2 Å². The van der Waals surface area contributed by atoms with Crippen molar-refractivity contribution in [2.75, 3.05) is 49.2 Å². The number of hydrogen-bond donors (Lipinski definition) is 4. The molecule has 3 aliphatic heterocycles. The molecule has 3 saturated heterocycles. The van der Waals surface area contributed by atoms with Gasteiger partial charge < -0.3 is 45.4 Å².